The first-order valence-corrected chi connectivity index (χ1v) is 9.42. The SMILES string of the molecule is CC(=O)NC1CN(C(=O)OC(C)(C)C)C2COC(c3ccccc3)O[C@H]2[C@H]1O. The van der Waals surface area contributed by atoms with E-state index in [0.29, 0.717) is 0 Å². The van der Waals surface area contributed by atoms with Crippen LogP contribution in [0.15, 0.2) is 30.3 Å². The predicted octanol–water partition coefficient (Wildman–Crippen LogP) is 1.59. The van der Waals surface area contributed by atoms with E-state index < -0.39 is 42.3 Å². The molecule has 0 bridgehead atoms. The van der Waals surface area contributed by atoms with Crippen LogP contribution in [0.1, 0.15) is 39.5 Å². The molecule has 2 aliphatic rings. The Hall–Kier alpha value is -2.16. The Morgan fingerprint density at radius 2 is 1.93 bits per heavy atom. The van der Waals surface area contributed by atoms with E-state index in [0.717, 1.165) is 5.56 Å². The van der Waals surface area contributed by atoms with E-state index in [1.807, 2.05) is 30.3 Å². The second kappa shape index (κ2) is 8.06. The Morgan fingerprint density at radius 1 is 1.25 bits per heavy atom. The molecule has 0 spiro atoms. The van der Waals surface area contributed by atoms with E-state index in [4.69, 9.17) is 14.2 Å². The summed E-state index contributed by atoms with van der Waals surface area (Å²) in [7, 11) is 0. The molecule has 2 amide bonds. The van der Waals surface area contributed by atoms with Gasteiger partial charge in [-0.05, 0) is 20.8 Å². The van der Waals surface area contributed by atoms with Gasteiger partial charge in [-0.15, -0.1) is 0 Å². The Bertz CT molecular complexity index is 704. The third-order valence-electron chi connectivity index (χ3n) is 4.71. The lowest BCUT2D eigenvalue weighted by atomic mass is 9.91. The minimum atomic E-state index is -0.984. The van der Waals surface area contributed by atoms with E-state index in [2.05, 4.69) is 5.32 Å². The van der Waals surface area contributed by atoms with Crippen LogP contribution in [0.25, 0.3) is 0 Å². The third kappa shape index (κ3) is 4.63. The van der Waals surface area contributed by atoms with Gasteiger partial charge in [0.25, 0.3) is 0 Å². The van der Waals surface area contributed by atoms with Crippen LogP contribution in [-0.2, 0) is 19.0 Å². The molecule has 8 nitrogen and oxygen atoms in total. The van der Waals surface area contributed by atoms with Crippen molar-refractivity contribution in [2.24, 2.45) is 0 Å². The van der Waals surface area contributed by atoms with Crippen LogP contribution >= 0.6 is 0 Å². The molecule has 0 radical (unpaired) electrons. The summed E-state index contributed by atoms with van der Waals surface area (Å²) < 4.78 is 17.4. The van der Waals surface area contributed by atoms with E-state index in [1.165, 1.54) is 11.8 Å². The first-order chi connectivity index (χ1) is 13.2. The summed E-state index contributed by atoms with van der Waals surface area (Å²) in [4.78, 5) is 25.8. The molecule has 1 aromatic carbocycles. The number of aliphatic hydroxyl groups is 1. The minimum absolute atomic E-state index is 0.111. The number of likely N-dealkylation sites (tertiary alicyclic amines) is 1. The fraction of sp³-hybridized carbons (Fsp3) is 0.600. The first-order valence-electron chi connectivity index (χ1n) is 9.42. The molecule has 3 unspecified atom stereocenters. The number of hydrogen-bond donors (Lipinski definition) is 2. The Kier molecular flexibility index (Phi) is 5.92. The minimum Gasteiger partial charge on any atom is -0.444 e. The molecule has 8 heteroatoms. The second-order valence-corrected chi connectivity index (χ2v) is 8.17. The highest BCUT2D eigenvalue weighted by Crippen LogP contribution is 2.34. The van der Waals surface area contributed by atoms with E-state index in [1.54, 1.807) is 20.8 Å². The van der Waals surface area contributed by atoms with Gasteiger partial charge in [-0.1, -0.05) is 30.3 Å². The van der Waals surface area contributed by atoms with Crippen molar-refractivity contribution in [2.75, 3.05) is 13.2 Å². The highest BCUT2D eigenvalue weighted by molar-refractivity contribution is 5.74. The van der Waals surface area contributed by atoms with Crippen LogP contribution in [0.4, 0.5) is 4.79 Å². The van der Waals surface area contributed by atoms with Gasteiger partial charge >= 0.3 is 6.09 Å². The van der Waals surface area contributed by atoms with Gasteiger partial charge in [0.15, 0.2) is 6.29 Å². The lowest BCUT2D eigenvalue weighted by Gasteiger charge is -2.50. The van der Waals surface area contributed by atoms with Crippen LogP contribution in [0, 0.1) is 0 Å². The molecular formula is C20H28N2O6. The van der Waals surface area contributed by atoms with Crippen LogP contribution in [0.2, 0.25) is 0 Å². The van der Waals surface area contributed by atoms with Gasteiger partial charge in [-0.3, -0.25) is 9.69 Å². The average Bonchev–Trinajstić information content (AvgIpc) is 2.62. The fourth-order valence-electron chi connectivity index (χ4n) is 3.52. The van der Waals surface area contributed by atoms with Crippen molar-refractivity contribution in [1.82, 2.24) is 10.2 Å². The number of nitrogens with zero attached hydrogens (tertiary/aromatic N) is 1. The van der Waals surface area contributed by atoms with E-state index in [-0.39, 0.29) is 19.1 Å². The zero-order valence-corrected chi connectivity index (χ0v) is 16.6. The number of hydrogen-bond acceptors (Lipinski definition) is 6. The maximum absolute atomic E-state index is 12.8. The van der Waals surface area contributed by atoms with Crippen molar-refractivity contribution in [3.63, 3.8) is 0 Å². The standard InChI is InChI=1S/C20H28N2O6/c1-12(23)21-14-10-22(19(25)28-20(2,3)4)15-11-26-18(27-17(15)16(14)24)13-8-6-5-7-9-13/h5-9,14-18,24H,10-11H2,1-4H3,(H,21,23)/t14?,15?,16-,17+,18?/m0/s1. The molecule has 2 N–H and O–H groups in total. The molecule has 2 fully saturated rings. The Balaban J connectivity index is 1.83. The van der Waals surface area contributed by atoms with Gasteiger partial charge in [0.1, 0.15) is 17.8 Å². The van der Waals surface area contributed by atoms with Gasteiger partial charge in [0.2, 0.25) is 5.91 Å². The number of rotatable bonds is 2. The molecule has 154 valence electrons. The largest absolute Gasteiger partial charge is 0.444 e. The van der Waals surface area contributed by atoms with Gasteiger partial charge in [-0.2, -0.15) is 0 Å². The van der Waals surface area contributed by atoms with Crippen molar-refractivity contribution >= 4 is 12.0 Å². The number of fused-ring (bicyclic) bond motifs is 1. The number of amides is 2. The summed E-state index contributed by atoms with van der Waals surface area (Å²) in [5.74, 6) is -0.293. The first kappa shape index (κ1) is 20.6. The highest BCUT2D eigenvalue weighted by atomic mass is 16.7. The molecule has 0 saturated carbocycles. The van der Waals surface area contributed by atoms with Crippen molar-refractivity contribution in [3.8, 4) is 0 Å². The predicted molar refractivity (Wildman–Crippen MR) is 100 cm³/mol. The van der Waals surface area contributed by atoms with E-state index >= 15 is 0 Å². The number of ether oxygens (including phenoxy) is 3. The summed E-state index contributed by atoms with van der Waals surface area (Å²) >= 11 is 0. The van der Waals surface area contributed by atoms with Crippen molar-refractivity contribution in [3.05, 3.63) is 35.9 Å². The normalized spacial score (nSPS) is 30.3. The van der Waals surface area contributed by atoms with E-state index in [9.17, 15) is 14.7 Å². The zero-order chi connectivity index (χ0) is 20.5. The van der Waals surface area contributed by atoms with Crippen LogP contribution in [-0.4, -0.2) is 65.1 Å². The summed E-state index contributed by atoms with van der Waals surface area (Å²) in [5.41, 5.74) is 0.147. The van der Waals surface area contributed by atoms with Crippen molar-refractivity contribution < 1.29 is 28.9 Å². The Morgan fingerprint density at radius 3 is 2.54 bits per heavy atom. The number of carbonyl (C=O) groups excluding carboxylic acids is 2. The van der Waals surface area contributed by atoms with Gasteiger partial charge < -0.3 is 24.6 Å². The number of piperidine rings is 1. The lowest BCUT2D eigenvalue weighted by Crippen LogP contribution is -2.70. The quantitative estimate of drug-likeness (QED) is 0.793. The van der Waals surface area contributed by atoms with Crippen LogP contribution in [0.3, 0.4) is 0 Å². The number of aliphatic hydroxyl groups excluding tert-OH is 1. The highest BCUT2D eigenvalue weighted by Gasteiger charge is 2.50. The summed E-state index contributed by atoms with van der Waals surface area (Å²) in [6.07, 6.45) is -2.90. The monoisotopic (exact) mass is 392 g/mol. The number of carbonyl (C=O) groups is 2. The molecule has 3 rings (SSSR count). The topological polar surface area (TPSA) is 97.3 Å². The van der Waals surface area contributed by atoms with Crippen molar-refractivity contribution in [1.29, 1.82) is 0 Å². The molecule has 0 aliphatic carbocycles. The molecule has 2 aliphatic heterocycles. The van der Waals surface area contributed by atoms with Gasteiger partial charge in [0, 0.05) is 19.0 Å². The van der Waals surface area contributed by atoms with Crippen molar-refractivity contribution in [2.45, 2.75) is 63.9 Å². The maximum Gasteiger partial charge on any atom is 0.410 e. The smallest absolute Gasteiger partial charge is 0.410 e. The molecule has 28 heavy (non-hydrogen) atoms. The summed E-state index contributed by atoms with van der Waals surface area (Å²) in [6, 6.07) is 8.20. The maximum atomic E-state index is 12.8. The summed E-state index contributed by atoms with van der Waals surface area (Å²) in [5, 5.41) is 13.5. The van der Waals surface area contributed by atoms with Crippen LogP contribution < -0.4 is 5.32 Å². The molecule has 2 saturated heterocycles. The summed E-state index contributed by atoms with van der Waals surface area (Å²) in [6.45, 7) is 7.02. The molecular weight excluding hydrogens is 364 g/mol. The average molecular weight is 392 g/mol. The zero-order valence-electron chi connectivity index (χ0n) is 16.6. The molecule has 0 aromatic heterocycles. The van der Waals surface area contributed by atoms with Gasteiger partial charge in [-0.25, -0.2) is 4.79 Å². The third-order valence-corrected chi connectivity index (χ3v) is 4.71. The Labute approximate surface area is 164 Å². The molecule has 1 aromatic rings. The number of nitrogens with one attached hydrogen (secondary N) is 1. The molecule has 2 heterocycles. The number of benzene rings is 1. The molecule has 5 atom stereocenters. The second-order valence-electron chi connectivity index (χ2n) is 8.17. The van der Waals surface area contributed by atoms with Crippen LogP contribution in [0.5, 0.6) is 0 Å². The fourth-order valence-corrected chi connectivity index (χ4v) is 3.52. The lowest BCUT2D eigenvalue weighted by molar-refractivity contribution is -0.274. The van der Waals surface area contributed by atoms with Gasteiger partial charge in [0.05, 0.1) is 18.7 Å².